The van der Waals surface area contributed by atoms with Crippen molar-refractivity contribution in [3.05, 3.63) is 0 Å². The van der Waals surface area contributed by atoms with Crippen molar-refractivity contribution in [3.63, 3.8) is 0 Å². The molecule has 0 aromatic carbocycles. The molecule has 2 atom stereocenters. The molecule has 0 spiro atoms. The van der Waals surface area contributed by atoms with Gasteiger partial charge in [-0.3, -0.25) is 0 Å². The highest BCUT2D eigenvalue weighted by Gasteiger charge is 2.13. The molecule has 0 aromatic rings. The summed E-state index contributed by atoms with van der Waals surface area (Å²) in [4.78, 5) is 0. The van der Waals surface area contributed by atoms with Crippen LogP contribution < -0.4 is 5.32 Å². The molecular weight excluding hydrogens is 166 g/mol. The highest BCUT2D eigenvalue weighted by atomic mass is 16.5. The summed E-state index contributed by atoms with van der Waals surface area (Å²) >= 11 is 0. The maximum Gasteiger partial charge on any atom is 0.0620 e. The second kappa shape index (κ2) is 6.35. The first kappa shape index (κ1) is 11.0. The zero-order valence-corrected chi connectivity index (χ0v) is 8.46. The second-order valence-electron chi connectivity index (χ2n) is 3.72. The van der Waals surface area contributed by atoms with Gasteiger partial charge in [-0.1, -0.05) is 6.92 Å². The molecule has 1 fully saturated rings. The van der Waals surface area contributed by atoms with E-state index in [1.54, 1.807) is 0 Å². The van der Waals surface area contributed by atoms with Crippen molar-refractivity contribution in [2.45, 2.75) is 44.8 Å². The standard InChI is InChI=1S/C10H21NO2/c1-2-10(12)4-3-6-11-9-5-7-13-8-9/h9-12H,2-8H2,1H3. The van der Waals surface area contributed by atoms with Crippen LogP contribution in [-0.4, -0.2) is 37.0 Å². The van der Waals surface area contributed by atoms with Gasteiger partial charge in [-0.25, -0.2) is 0 Å². The third-order valence-electron chi connectivity index (χ3n) is 2.55. The molecule has 0 aliphatic carbocycles. The Kier molecular flexibility index (Phi) is 5.35. The minimum atomic E-state index is -0.110. The third kappa shape index (κ3) is 4.60. The first-order valence-corrected chi connectivity index (χ1v) is 5.32. The summed E-state index contributed by atoms with van der Waals surface area (Å²) in [5, 5.41) is 12.7. The Hall–Kier alpha value is -0.120. The lowest BCUT2D eigenvalue weighted by Gasteiger charge is -2.11. The summed E-state index contributed by atoms with van der Waals surface area (Å²) in [6.45, 7) is 4.78. The molecule has 1 rings (SSSR count). The van der Waals surface area contributed by atoms with Gasteiger partial charge in [0, 0.05) is 12.6 Å². The Morgan fingerprint density at radius 2 is 2.46 bits per heavy atom. The second-order valence-corrected chi connectivity index (χ2v) is 3.72. The van der Waals surface area contributed by atoms with Gasteiger partial charge in [0.1, 0.15) is 0 Å². The summed E-state index contributed by atoms with van der Waals surface area (Å²) < 4.78 is 5.24. The number of aliphatic hydroxyl groups excluding tert-OH is 1. The van der Waals surface area contributed by atoms with E-state index in [0.717, 1.165) is 45.4 Å². The van der Waals surface area contributed by atoms with E-state index in [4.69, 9.17) is 4.74 Å². The van der Waals surface area contributed by atoms with Crippen LogP contribution in [0, 0.1) is 0 Å². The van der Waals surface area contributed by atoms with Gasteiger partial charge < -0.3 is 15.2 Å². The van der Waals surface area contributed by atoms with Crippen molar-refractivity contribution in [2.75, 3.05) is 19.8 Å². The van der Waals surface area contributed by atoms with E-state index < -0.39 is 0 Å². The monoisotopic (exact) mass is 187 g/mol. The van der Waals surface area contributed by atoms with Gasteiger partial charge in [-0.2, -0.15) is 0 Å². The maximum atomic E-state index is 9.30. The van der Waals surface area contributed by atoms with Gasteiger partial charge in [0.2, 0.25) is 0 Å². The number of aliphatic hydroxyl groups is 1. The number of ether oxygens (including phenoxy) is 1. The van der Waals surface area contributed by atoms with E-state index in [9.17, 15) is 5.11 Å². The van der Waals surface area contributed by atoms with Crippen molar-refractivity contribution in [3.8, 4) is 0 Å². The molecule has 0 aromatic heterocycles. The van der Waals surface area contributed by atoms with E-state index in [1.807, 2.05) is 6.92 Å². The van der Waals surface area contributed by atoms with Crippen LogP contribution in [0.25, 0.3) is 0 Å². The molecule has 0 saturated carbocycles. The fraction of sp³-hybridized carbons (Fsp3) is 1.00. The molecule has 1 heterocycles. The van der Waals surface area contributed by atoms with Crippen molar-refractivity contribution < 1.29 is 9.84 Å². The largest absolute Gasteiger partial charge is 0.393 e. The average molecular weight is 187 g/mol. The van der Waals surface area contributed by atoms with Gasteiger partial charge in [-0.15, -0.1) is 0 Å². The van der Waals surface area contributed by atoms with E-state index in [0.29, 0.717) is 6.04 Å². The molecule has 1 aliphatic rings. The Balaban J connectivity index is 1.88. The molecule has 78 valence electrons. The van der Waals surface area contributed by atoms with Crippen LogP contribution in [0.5, 0.6) is 0 Å². The average Bonchev–Trinajstić information content (AvgIpc) is 2.64. The molecule has 0 radical (unpaired) electrons. The molecule has 1 aliphatic heterocycles. The molecule has 1 saturated heterocycles. The van der Waals surface area contributed by atoms with Crippen LogP contribution >= 0.6 is 0 Å². The van der Waals surface area contributed by atoms with Gasteiger partial charge in [0.15, 0.2) is 0 Å². The van der Waals surface area contributed by atoms with Crippen LogP contribution in [0.15, 0.2) is 0 Å². The number of hydrogen-bond donors (Lipinski definition) is 2. The summed E-state index contributed by atoms with van der Waals surface area (Å²) in [6, 6.07) is 0.554. The zero-order chi connectivity index (χ0) is 9.52. The first-order chi connectivity index (χ1) is 6.33. The Morgan fingerprint density at radius 3 is 3.08 bits per heavy atom. The Morgan fingerprint density at radius 1 is 1.62 bits per heavy atom. The van der Waals surface area contributed by atoms with E-state index in [1.165, 1.54) is 0 Å². The van der Waals surface area contributed by atoms with Gasteiger partial charge in [-0.05, 0) is 32.2 Å². The van der Waals surface area contributed by atoms with Gasteiger partial charge >= 0.3 is 0 Å². The topological polar surface area (TPSA) is 41.5 Å². The highest BCUT2D eigenvalue weighted by molar-refractivity contribution is 4.70. The van der Waals surface area contributed by atoms with Crippen LogP contribution in [0.3, 0.4) is 0 Å². The van der Waals surface area contributed by atoms with E-state index in [-0.39, 0.29) is 6.10 Å². The molecule has 2 N–H and O–H groups in total. The SMILES string of the molecule is CCC(O)CCCNC1CCOC1. The fourth-order valence-electron chi connectivity index (χ4n) is 1.54. The van der Waals surface area contributed by atoms with Crippen molar-refractivity contribution >= 4 is 0 Å². The summed E-state index contributed by atoms with van der Waals surface area (Å²) in [5.74, 6) is 0. The van der Waals surface area contributed by atoms with Crippen LogP contribution in [-0.2, 0) is 4.74 Å². The molecule has 2 unspecified atom stereocenters. The van der Waals surface area contributed by atoms with Crippen LogP contribution in [0.4, 0.5) is 0 Å². The molecule has 0 bridgehead atoms. The normalized spacial score (nSPS) is 24.9. The minimum Gasteiger partial charge on any atom is -0.393 e. The van der Waals surface area contributed by atoms with E-state index >= 15 is 0 Å². The van der Waals surface area contributed by atoms with Crippen LogP contribution in [0.1, 0.15) is 32.6 Å². The molecule has 3 nitrogen and oxygen atoms in total. The first-order valence-electron chi connectivity index (χ1n) is 5.32. The molecule has 0 amide bonds. The minimum absolute atomic E-state index is 0.110. The highest BCUT2D eigenvalue weighted by Crippen LogP contribution is 2.04. The number of nitrogens with one attached hydrogen (secondary N) is 1. The number of rotatable bonds is 6. The predicted octanol–water partition coefficient (Wildman–Crippen LogP) is 0.916. The molecular formula is C10H21NO2. The third-order valence-corrected chi connectivity index (χ3v) is 2.55. The fourth-order valence-corrected chi connectivity index (χ4v) is 1.54. The van der Waals surface area contributed by atoms with Gasteiger partial charge in [0.05, 0.1) is 12.7 Å². The summed E-state index contributed by atoms with van der Waals surface area (Å²) in [6.07, 6.45) is 3.87. The number of hydrogen-bond acceptors (Lipinski definition) is 3. The molecule has 13 heavy (non-hydrogen) atoms. The lowest BCUT2D eigenvalue weighted by atomic mass is 10.1. The zero-order valence-electron chi connectivity index (χ0n) is 8.46. The quantitative estimate of drug-likeness (QED) is 0.607. The van der Waals surface area contributed by atoms with Gasteiger partial charge in [0.25, 0.3) is 0 Å². The molecule has 3 heteroatoms. The van der Waals surface area contributed by atoms with E-state index in [2.05, 4.69) is 5.32 Å². The maximum absolute atomic E-state index is 9.30. The Bertz CT molecular complexity index is 124. The van der Waals surface area contributed by atoms with Crippen LogP contribution in [0.2, 0.25) is 0 Å². The van der Waals surface area contributed by atoms with Crippen molar-refractivity contribution in [1.29, 1.82) is 0 Å². The van der Waals surface area contributed by atoms with Crippen molar-refractivity contribution in [2.24, 2.45) is 0 Å². The Labute approximate surface area is 80.5 Å². The summed E-state index contributed by atoms with van der Waals surface area (Å²) in [7, 11) is 0. The smallest absolute Gasteiger partial charge is 0.0620 e. The summed E-state index contributed by atoms with van der Waals surface area (Å²) in [5.41, 5.74) is 0. The lowest BCUT2D eigenvalue weighted by Crippen LogP contribution is -2.30. The lowest BCUT2D eigenvalue weighted by molar-refractivity contribution is 0.156. The predicted molar refractivity (Wildman–Crippen MR) is 52.8 cm³/mol. The van der Waals surface area contributed by atoms with Crippen molar-refractivity contribution in [1.82, 2.24) is 5.32 Å².